The molecule has 1 aliphatic heterocycles. The molecule has 1 aromatic carbocycles. The fourth-order valence-electron chi connectivity index (χ4n) is 2.09. The second-order valence-electron chi connectivity index (χ2n) is 4.34. The van der Waals surface area contributed by atoms with Crippen LogP contribution in [-0.4, -0.2) is 42.9 Å². The van der Waals surface area contributed by atoms with Crippen molar-refractivity contribution in [1.82, 2.24) is 4.90 Å². The lowest BCUT2D eigenvalue weighted by molar-refractivity contribution is 0.177. The second kappa shape index (κ2) is 5.32. The highest BCUT2D eigenvalue weighted by Gasteiger charge is 2.19. The van der Waals surface area contributed by atoms with Gasteiger partial charge >= 0.3 is 0 Å². The van der Waals surface area contributed by atoms with Crippen LogP contribution in [0.1, 0.15) is 12.0 Å². The molecule has 0 aromatic heterocycles. The Kier molecular flexibility index (Phi) is 3.80. The topological polar surface area (TPSA) is 32.7 Å². The van der Waals surface area contributed by atoms with Crippen LogP contribution in [0.25, 0.3) is 0 Å². The summed E-state index contributed by atoms with van der Waals surface area (Å²) in [5.41, 5.74) is 1.32. The number of ether oxygens (including phenoxy) is 1. The molecule has 0 spiro atoms. The van der Waals surface area contributed by atoms with Crippen LogP contribution < -0.4 is 4.74 Å². The minimum atomic E-state index is -0.115. The van der Waals surface area contributed by atoms with E-state index in [-0.39, 0.29) is 6.10 Å². The lowest BCUT2D eigenvalue weighted by Gasteiger charge is -2.14. The summed E-state index contributed by atoms with van der Waals surface area (Å²) in [6.45, 7) is 2.89. The Bertz CT molecular complexity index is 323. The van der Waals surface area contributed by atoms with Crippen molar-refractivity contribution in [3.05, 3.63) is 29.8 Å². The molecule has 0 radical (unpaired) electrons. The molecule has 88 valence electrons. The normalized spacial score (nSPS) is 21.2. The molecule has 1 N–H and O–H groups in total. The Morgan fingerprint density at radius 1 is 1.38 bits per heavy atom. The Hall–Kier alpha value is -1.06. The average molecular weight is 221 g/mol. The van der Waals surface area contributed by atoms with Crippen molar-refractivity contribution >= 4 is 0 Å². The van der Waals surface area contributed by atoms with E-state index in [0.717, 1.165) is 38.2 Å². The van der Waals surface area contributed by atoms with E-state index in [2.05, 4.69) is 17.0 Å². The van der Waals surface area contributed by atoms with Crippen LogP contribution >= 0.6 is 0 Å². The zero-order valence-electron chi connectivity index (χ0n) is 9.72. The van der Waals surface area contributed by atoms with Gasteiger partial charge in [-0.15, -0.1) is 0 Å². The number of methoxy groups -OCH3 is 1. The number of nitrogens with zero attached hydrogens (tertiary/aromatic N) is 1. The van der Waals surface area contributed by atoms with E-state index >= 15 is 0 Å². The summed E-state index contributed by atoms with van der Waals surface area (Å²) >= 11 is 0. The summed E-state index contributed by atoms with van der Waals surface area (Å²) in [7, 11) is 1.68. The highest BCUT2D eigenvalue weighted by molar-refractivity contribution is 5.27. The Labute approximate surface area is 96.6 Å². The number of rotatable bonds is 4. The maximum absolute atomic E-state index is 9.41. The van der Waals surface area contributed by atoms with Gasteiger partial charge in [0.15, 0.2) is 0 Å². The monoisotopic (exact) mass is 221 g/mol. The number of likely N-dealkylation sites (tertiary alicyclic amines) is 1. The third-order valence-corrected chi connectivity index (χ3v) is 3.12. The van der Waals surface area contributed by atoms with Gasteiger partial charge < -0.3 is 14.7 Å². The minimum Gasteiger partial charge on any atom is -0.497 e. The summed E-state index contributed by atoms with van der Waals surface area (Å²) in [6.07, 6.45) is 1.84. The van der Waals surface area contributed by atoms with E-state index in [1.54, 1.807) is 7.11 Å². The molecule has 1 aromatic rings. The lowest BCUT2D eigenvalue weighted by atomic mass is 10.1. The number of β-amino-alcohol motifs (C(OH)–C–C–N with tert-alkyl or cyclic N) is 1. The van der Waals surface area contributed by atoms with Crippen LogP contribution in [0.5, 0.6) is 5.75 Å². The number of benzene rings is 1. The number of hydrogen-bond acceptors (Lipinski definition) is 3. The predicted octanol–water partition coefficient (Wildman–Crippen LogP) is 1.30. The van der Waals surface area contributed by atoms with Crippen molar-refractivity contribution in [3.63, 3.8) is 0 Å². The van der Waals surface area contributed by atoms with Crippen LogP contribution in [-0.2, 0) is 6.42 Å². The van der Waals surface area contributed by atoms with Gasteiger partial charge in [-0.05, 0) is 30.5 Å². The molecule has 1 fully saturated rings. The average Bonchev–Trinajstić information content (AvgIpc) is 2.73. The molecular weight excluding hydrogens is 202 g/mol. The Morgan fingerprint density at radius 3 is 2.69 bits per heavy atom. The van der Waals surface area contributed by atoms with Gasteiger partial charge in [-0.1, -0.05) is 12.1 Å². The minimum absolute atomic E-state index is 0.115. The molecule has 1 heterocycles. The summed E-state index contributed by atoms with van der Waals surface area (Å²) in [5.74, 6) is 0.903. The molecule has 0 saturated carbocycles. The summed E-state index contributed by atoms with van der Waals surface area (Å²) in [4.78, 5) is 2.31. The first-order chi connectivity index (χ1) is 7.78. The third kappa shape index (κ3) is 2.97. The molecular formula is C13H19NO2. The first kappa shape index (κ1) is 11.4. The second-order valence-corrected chi connectivity index (χ2v) is 4.34. The van der Waals surface area contributed by atoms with Gasteiger partial charge in [-0.25, -0.2) is 0 Å². The number of hydrogen-bond donors (Lipinski definition) is 1. The van der Waals surface area contributed by atoms with Gasteiger partial charge in [-0.2, -0.15) is 0 Å². The molecule has 3 nitrogen and oxygen atoms in total. The highest BCUT2D eigenvalue weighted by atomic mass is 16.5. The van der Waals surface area contributed by atoms with E-state index < -0.39 is 0 Å². The van der Waals surface area contributed by atoms with Crippen molar-refractivity contribution in [2.45, 2.75) is 18.9 Å². The number of aliphatic hydroxyl groups is 1. The molecule has 0 bridgehead atoms. The van der Waals surface area contributed by atoms with Crippen LogP contribution in [0.15, 0.2) is 24.3 Å². The van der Waals surface area contributed by atoms with E-state index in [4.69, 9.17) is 4.74 Å². The number of aliphatic hydroxyl groups excluding tert-OH is 1. The Morgan fingerprint density at radius 2 is 2.12 bits per heavy atom. The molecule has 16 heavy (non-hydrogen) atoms. The zero-order chi connectivity index (χ0) is 11.4. The third-order valence-electron chi connectivity index (χ3n) is 3.12. The van der Waals surface area contributed by atoms with Gasteiger partial charge in [-0.3, -0.25) is 0 Å². The first-order valence-electron chi connectivity index (χ1n) is 5.81. The molecule has 2 rings (SSSR count). The predicted molar refractivity (Wildman–Crippen MR) is 63.8 cm³/mol. The SMILES string of the molecule is COc1ccc(CCN2CC[C@H](O)C2)cc1. The van der Waals surface area contributed by atoms with Crippen molar-refractivity contribution in [3.8, 4) is 5.75 Å². The largest absolute Gasteiger partial charge is 0.497 e. The molecule has 1 atom stereocenters. The zero-order valence-corrected chi connectivity index (χ0v) is 9.72. The fraction of sp³-hybridized carbons (Fsp3) is 0.538. The van der Waals surface area contributed by atoms with Crippen LogP contribution in [0, 0.1) is 0 Å². The quantitative estimate of drug-likeness (QED) is 0.832. The van der Waals surface area contributed by atoms with Gasteiger partial charge in [0, 0.05) is 19.6 Å². The summed E-state index contributed by atoms with van der Waals surface area (Å²) < 4.78 is 5.12. The standard InChI is InChI=1S/C13H19NO2/c1-16-13-4-2-11(3-5-13)6-8-14-9-7-12(15)10-14/h2-5,12,15H,6-10H2,1H3/t12-/m0/s1. The van der Waals surface area contributed by atoms with Crippen molar-refractivity contribution < 1.29 is 9.84 Å². The molecule has 3 heteroatoms. The van der Waals surface area contributed by atoms with Gasteiger partial charge in [0.25, 0.3) is 0 Å². The molecule has 1 saturated heterocycles. The van der Waals surface area contributed by atoms with Crippen molar-refractivity contribution in [2.24, 2.45) is 0 Å². The van der Waals surface area contributed by atoms with E-state index in [1.165, 1.54) is 5.56 Å². The van der Waals surface area contributed by atoms with Crippen LogP contribution in [0.4, 0.5) is 0 Å². The fourth-order valence-corrected chi connectivity index (χ4v) is 2.09. The van der Waals surface area contributed by atoms with Crippen LogP contribution in [0.2, 0.25) is 0 Å². The van der Waals surface area contributed by atoms with Crippen LogP contribution in [0.3, 0.4) is 0 Å². The van der Waals surface area contributed by atoms with Crippen molar-refractivity contribution in [1.29, 1.82) is 0 Å². The summed E-state index contributed by atoms with van der Waals surface area (Å²) in [6, 6.07) is 8.19. The van der Waals surface area contributed by atoms with E-state index in [0.29, 0.717) is 0 Å². The lowest BCUT2D eigenvalue weighted by Crippen LogP contribution is -2.24. The van der Waals surface area contributed by atoms with E-state index in [9.17, 15) is 5.11 Å². The molecule has 1 aliphatic rings. The Balaban J connectivity index is 1.80. The molecule has 0 aliphatic carbocycles. The van der Waals surface area contributed by atoms with Crippen molar-refractivity contribution in [2.75, 3.05) is 26.7 Å². The molecule has 0 unspecified atom stereocenters. The molecule has 0 amide bonds. The summed E-state index contributed by atoms with van der Waals surface area (Å²) in [5, 5.41) is 9.41. The maximum Gasteiger partial charge on any atom is 0.118 e. The van der Waals surface area contributed by atoms with E-state index in [1.807, 2.05) is 12.1 Å². The van der Waals surface area contributed by atoms with Gasteiger partial charge in [0.05, 0.1) is 13.2 Å². The smallest absolute Gasteiger partial charge is 0.118 e. The van der Waals surface area contributed by atoms with Gasteiger partial charge in [0.2, 0.25) is 0 Å². The van der Waals surface area contributed by atoms with Gasteiger partial charge in [0.1, 0.15) is 5.75 Å². The first-order valence-corrected chi connectivity index (χ1v) is 5.81. The highest BCUT2D eigenvalue weighted by Crippen LogP contribution is 2.13. The maximum atomic E-state index is 9.41.